The van der Waals surface area contributed by atoms with Crippen molar-refractivity contribution in [3.05, 3.63) is 18.2 Å². The van der Waals surface area contributed by atoms with E-state index in [0.717, 1.165) is 10.7 Å². The monoisotopic (exact) mass is 314 g/mol. The van der Waals surface area contributed by atoms with Crippen LogP contribution in [0.2, 0.25) is 0 Å². The number of carbonyl (C=O) groups is 1. The van der Waals surface area contributed by atoms with E-state index in [-0.39, 0.29) is 23.0 Å². The van der Waals surface area contributed by atoms with Crippen molar-refractivity contribution in [2.24, 2.45) is 0 Å². The number of nitrogens with zero attached hydrogens (tertiary/aromatic N) is 1. The summed E-state index contributed by atoms with van der Waals surface area (Å²) in [6.07, 6.45) is 0.852. The fraction of sp³-hybridized carbons (Fsp3) is 0.462. The molecule has 0 unspecified atom stereocenters. The summed E-state index contributed by atoms with van der Waals surface area (Å²) in [6.45, 7) is 2.60. The van der Waals surface area contributed by atoms with Crippen molar-refractivity contribution >= 4 is 27.3 Å². The number of nitrogens with two attached hydrogens (primary N) is 1. The van der Waals surface area contributed by atoms with E-state index in [9.17, 15) is 13.2 Å². The molecule has 8 heteroatoms. The van der Waals surface area contributed by atoms with Gasteiger partial charge in [0.15, 0.2) is 0 Å². The topological polar surface area (TPSA) is 105 Å². The van der Waals surface area contributed by atoms with Gasteiger partial charge in [0.2, 0.25) is 15.9 Å². The predicted molar refractivity (Wildman–Crippen MR) is 83.5 cm³/mol. The fourth-order valence-corrected chi connectivity index (χ4v) is 2.65. The van der Waals surface area contributed by atoms with Crippen LogP contribution in [-0.4, -0.2) is 45.8 Å². The maximum Gasteiger partial charge on any atom is 0.244 e. The van der Waals surface area contributed by atoms with E-state index in [0.29, 0.717) is 12.2 Å². The van der Waals surface area contributed by atoms with Crippen LogP contribution in [0.4, 0.5) is 11.4 Å². The Balaban J connectivity index is 2.90. The lowest BCUT2D eigenvalue weighted by atomic mass is 10.2. The summed E-state index contributed by atoms with van der Waals surface area (Å²) >= 11 is 0. The molecular weight excluding hydrogens is 292 g/mol. The largest absolute Gasteiger partial charge is 0.396 e. The second-order valence-electron chi connectivity index (χ2n) is 4.71. The first-order valence-corrected chi connectivity index (χ1v) is 8.06. The molecule has 0 fully saturated rings. The van der Waals surface area contributed by atoms with Gasteiger partial charge in [-0.25, -0.2) is 12.7 Å². The maximum absolute atomic E-state index is 12.1. The minimum absolute atomic E-state index is 0.0199. The number of hydrogen-bond donors (Lipinski definition) is 3. The van der Waals surface area contributed by atoms with Crippen LogP contribution in [0.5, 0.6) is 0 Å². The molecule has 0 saturated carbocycles. The Bertz CT molecular complexity index is 599. The van der Waals surface area contributed by atoms with Gasteiger partial charge in [-0.1, -0.05) is 13.0 Å². The van der Waals surface area contributed by atoms with Crippen LogP contribution in [0.3, 0.4) is 0 Å². The molecule has 0 aliphatic heterocycles. The second kappa shape index (κ2) is 7.28. The average Bonchev–Trinajstić information content (AvgIpc) is 2.43. The highest BCUT2D eigenvalue weighted by Crippen LogP contribution is 2.27. The summed E-state index contributed by atoms with van der Waals surface area (Å²) in [6, 6.07) is 4.66. The van der Waals surface area contributed by atoms with Gasteiger partial charge in [0.05, 0.1) is 17.9 Å². The molecule has 1 aromatic rings. The number of para-hydroxylation sites is 1. The number of benzene rings is 1. The lowest BCUT2D eigenvalue weighted by Crippen LogP contribution is -2.30. The highest BCUT2D eigenvalue weighted by atomic mass is 32.2. The van der Waals surface area contributed by atoms with E-state index in [2.05, 4.69) is 10.6 Å². The normalized spacial score (nSPS) is 11.4. The number of sulfonamides is 1. The summed E-state index contributed by atoms with van der Waals surface area (Å²) in [7, 11) is -0.740. The van der Waals surface area contributed by atoms with Crippen LogP contribution in [0, 0.1) is 0 Å². The van der Waals surface area contributed by atoms with E-state index in [1.807, 2.05) is 6.92 Å². The Morgan fingerprint density at radius 2 is 2.00 bits per heavy atom. The van der Waals surface area contributed by atoms with E-state index in [1.165, 1.54) is 20.2 Å². The first-order valence-electron chi connectivity index (χ1n) is 6.62. The lowest BCUT2D eigenvalue weighted by Gasteiger charge is -2.16. The zero-order chi connectivity index (χ0) is 16.0. The smallest absolute Gasteiger partial charge is 0.244 e. The third-order valence-corrected chi connectivity index (χ3v) is 4.71. The molecule has 0 atom stereocenters. The number of rotatable bonds is 7. The fourth-order valence-electron chi connectivity index (χ4n) is 1.62. The molecule has 0 spiro atoms. The van der Waals surface area contributed by atoms with Crippen LogP contribution in [0.1, 0.15) is 13.3 Å². The second-order valence-corrected chi connectivity index (χ2v) is 6.83. The van der Waals surface area contributed by atoms with Gasteiger partial charge in [-0.15, -0.1) is 0 Å². The molecule has 0 heterocycles. The third kappa shape index (κ3) is 4.33. The molecular formula is C13H22N4O3S. The molecule has 4 N–H and O–H groups in total. The highest BCUT2D eigenvalue weighted by Gasteiger charge is 2.21. The van der Waals surface area contributed by atoms with Crippen molar-refractivity contribution in [2.45, 2.75) is 18.2 Å². The van der Waals surface area contributed by atoms with Crippen molar-refractivity contribution in [1.29, 1.82) is 0 Å². The van der Waals surface area contributed by atoms with Crippen molar-refractivity contribution in [3.8, 4) is 0 Å². The molecule has 0 bridgehead atoms. The van der Waals surface area contributed by atoms with E-state index >= 15 is 0 Å². The van der Waals surface area contributed by atoms with Gasteiger partial charge in [0.1, 0.15) is 4.90 Å². The highest BCUT2D eigenvalue weighted by molar-refractivity contribution is 7.89. The van der Waals surface area contributed by atoms with Crippen molar-refractivity contribution in [1.82, 2.24) is 9.62 Å². The maximum atomic E-state index is 12.1. The van der Waals surface area contributed by atoms with E-state index in [4.69, 9.17) is 5.73 Å². The van der Waals surface area contributed by atoms with Crippen LogP contribution in [0.15, 0.2) is 23.1 Å². The minimum Gasteiger partial charge on any atom is -0.396 e. The van der Waals surface area contributed by atoms with Crippen LogP contribution < -0.4 is 16.4 Å². The summed E-state index contributed by atoms with van der Waals surface area (Å²) < 4.78 is 25.3. The molecule has 0 aliphatic carbocycles. The zero-order valence-electron chi connectivity index (χ0n) is 12.5. The first kappa shape index (κ1) is 17.3. The Morgan fingerprint density at radius 3 is 2.57 bits per heavy atom. The Morgan fingerprint density at radius 1 is 1.33 bits per heavy atom. The van der Waals surface area contributed by atoms with Crippen LogP contribution >= 0.6 is 0 Å². The summed E-state index contributed by atoms with van der Waals surface area (Å²) in [5.41, 5.74) is 6.42. The van der Waals surface area contributed by atoms with Crippen molar-refractivity contribution < 1.29 is 13.2 Å². The number of hydrogen-bond acceptors (Lipinski definition) is 5. The Hall–Kier alpha value is -1.80. The van der Waals surface area contributed by atoms with Crippen molar-refractivity contribution in [3.63, 3.8) is 0 Å². The number of anilines is 2. The van der Waals surface area contributed by atoms with Gasteiger partial charge in [-0.05, 0) is 18.6 Å². The number of nitrogen functional groups attached to an aromatic ring is 1. The number of carbonyl (C=O) groups excluding carboxylic acids is 1. The third-order valence-electron chi connectivity index (χ3n) is 2.84. The minimum atomic E-state index is -3.62. The van der Waals surface area contributed by atoms with E-state index < -0.39 is 10.0 Å². The lowest BCUT2D eigenvalue weighted by molar-refractivity contribution is -0.119. The molecule has 118 valence electrons. The van der Waals surface area contributed by atoms with Gasteiger partial charge in [0, 0.05) is 20.6 Å². The van der Waals surface area contributed by atoms with Gasteiger partial charge < -0.3 is 16.4 Å². The quantitative estimate of drug-likeness (QED) is 0.634. The molecule has 0 saturated heterocycles. The summed E-state index contributed by atoms with van der Waals surface area (Å²) in [5, 5.41) is 5.57. The average molecular weight is 314 g/mol. The molecule has 7 nitrogen and oxygen atoms in total. The Kier molecular flexibility index (Phi) is 5.98. The molecule has 0 aliphatic rings. The standard InChI is InChI=1S/C13H22N4O3S/c1-4-8-15-12(18)9-16-10-6-5-7-11(13(10)14)21(19,20)17(2)3/h5-7,16H,4,8-9,14H2,1-3H3,(H,15,18). The van der Waals surface area contributed by atoms with Crippen LogP contribution in [0.25, 0.3) is 0 Å². The van der Waals surface area contributed by atoms with Gasteiger partial charge >= 0.3 is 0 Å². The predicted octanol–water partition coefficient (Wildman–Crippen LogP) is 0.457. The molecule has 21 heavy (non-hydrogen) atoms. The molecule has 0 radical (unpaired) electrons. The molecule has 1 aromatic carbocycles. The van der Waals surface area contributed by atoms with Crippen LogP contribution in [-0.2, 0) is 14.8 Å². The van der Waals surface area contributed by atoms with Gasteiger partial charge in [-0.3, -0.25) is 4.79 Å². The van der Waals surface area contributed by atoms with E-state index in [1.54, 1.807) is 12.1 Å². The SMILES string of the molecule is CCCNC(=O)CNc1cccc(S(=O)(=O)N(C)C)c1N. The summed E-state index contributed by atoms with van der Waals surface area (Å²) in [4.78, 5) is 11.6. The van der Waals surface area contributed by atoms with Crippen molar-refractivity contribution in [2.75, 3.05) is 38.2 Å². The number of amides is 1. The molecule has 1 amide bonds. The molecule has 1 rings (SSSR count). The molecule has 0 aromatic heterocycles. The first-order chi connectivity index (χ1) is 9.80. The van der Waals surface area contributed by atoms with Gasteiger partial charge in [0.25, 0.3) is 0 Å². The van der Waals surface area contributed by atoms with Gasteiger partial charge in [-0.2, -0.15) is 0 Å². The summed E-state index contributed by atoms with van der Waals surface area (Å²) in [5.74, 6) is -0.169. The zero-order valence-corrected chi connectivity index (χ0v) is 13.3. The Labute approximate surface area is 125 Å². The number of nitrogens with one attached hydrogen (secondary N) is 2.